The molecule has 12 rings (SSSR count). The third-order valence-electron chi connectivity index (χ3n) is 13.2. The summed E-state index contributed by atoms with van der Waals surface area (Å²) in [6.45, 7) is 2.84. The summed E-state index contributed by atoms with van der Waals surface area (Å²) in [5.74, 6) is 2.49. The van der Waals surface area contributed by atoms with Crippen molar-refractivity contribution in [2.45, 2.75) is 19.8 Å². The number of anilines is 5. The van der Waals surface area contributed by atoms with Crippen LogP contribution in [0.1, 0.15) is 16.7 Å². The number of hydrogen-bond donors (Lipinski definition) is 0. The van der Waals surface area contributed by atoms with Crippen LogP contribution in [0, 0.1) is 6.92 Å². The van der Waals surface area contributed by atoms with Gasteiger partial charge in [-0.3, -0.25) is 0 Å². The van der Waals surface area contributed by atoms with Gasteiger partial charge in [-0.25, -0.2) is 4.98 Å². The molecule has 0 radical (unpaired) electrons. The molecule has 3 aliphatic heterocycles. The molecule has 0 aliphatic carbocycles. The molecule has 6 nitrogen and oxygen atoms in total. The Morgan fingerprint density at radius 2 is 1.14 bits per heavy atom. The third-order valence-corrected chi connectivity index (χ3v) is 13.2. The van der Waals surface area contributed by atoms with E-state index in [1.54, 1.807) is 0 Å². The molecule has 302 valence electrons. The number of aromatic nitrogens is 2. The Hall–Kier alpha value is -7.77. The minimum absolute atomic E-state index is 0.0397. The molecular weight excluding hydrogens is 769 g/mol. The Morgan fingerprint density at radius 1 is 0.524 bits per heavy atom. The van der Waals surface area contributed by atoms with E-state index >= 15 is 0 Å². The summed E-state index contributed by atoms with van der Waals surface area (Å²) >= 11 is 0. The van der Waals surface area contributed by atoms with Crippen molar-refractivity contribution in [3.63, 3.8) is 0 Å². The van der Waals surface area contributed by atoms with Gasteiger partial charge in [0.1, 0.15) is 24.0 Å². The fourth-order valence-corrected chi connectivity index (χ4v) is 10.3. The van der Waals surface area contributed by atoms with Crippen LogP contribution in [0.3, 0.4) is 0 Å². The van der Waals surface area contributed by atoms with Gasteiger partial charge in [-0.1, -0.05) is 145 Å². The second kappa shape index (κ2) is 15.0. The molecule has 0 N–H and O–H groups in total. The predicted octanol–water partition coefficient (Wildman–Crippen LogP) is 12.7. The standard InChI is InChI=1S/C56H44BN5O/c1-38-16-13-22-42-31-30-41-21-9-10-25-46(41)53-36-58-56-49-35-45(32-33-50(49)59(2)57(54(38)42)62(53)56)63-44-24-14-23-43(34-44)60-37-61(52-29-12-11-28-51(52)60)55-47(39-17-5-3-6-18-39)26-15-27-48(55)40-19-7-4-8-20-40/h3-29,32-36H,30-31,37H2,1-2H3. The lowest BCUT2D eigenvalue weighted by Gasteiger charge is -2.37. The van der Waals surface area contributed by atoms with Crippen LogP contribution in [0.25, 0.3) is 44.9 Å². The zero-order chi connectivity index (χ0) is 42.0. The second-order valence-electron chi connectivity index (χ2n) is 16.8. The summed E-state index contributed by atoms with van der Waals surface area (Å²) in [5.41, 5.74) is 19.3. The number of imidazole rings is 1. The lowest BCUT2D eigenvalue weighted by atomic mass is 9.60. The highest BCUT2D eigenvalue weighted by atomic mass is 16.5. The summed E-state index contributed by atoms with van der Waals surface area (Å²) in [4.78, 5) is 12.5. The minimum Gasteiger partial charge on any atom is -0.457 e. The van der Waals surface area contributed by atoms with E-state index in [1.165, 1.54) is 55.7 Å². The highest BCUT2D eigenvalue weighted by Gasteiger charge is 2.40. The normalized spacial score (nSPS) is 13.6. The van der Waals surface area contributed by atoms with Crippen molar-refractivity contribution in [3.05, 3.63) is 211 Å². The maximum atomic E-state index is 6.82. The number of benzene rings is 8. The minimum atomic E-state index is -0.0397. The van der Waals surface area contributed by atoms with Crippen molar-refractivity contribution < 1.29 is 4.74 Å². The number of nitrogens with zero attached hydrogens (tertiary/aromatic N) is 5. The first-order valence-corrected chi connectivity index (χ1v) is 21.9. The highest BCUT2D eigenvalue weighted by Crippen LogP contribution is 2.50. The topological polar surface area (TPSA) is 36.8 Å². The van der Waals surface area contributed by atoms with Crippen LogP contribution in [0.5, 0.6) is 11.5 Å². The maximum absolute atomic E-state index is 6.82. The van der Waals surface area contributed by atoms with E-state index in [0.717, 1.165) is 64.2 Å². The van der Waals surface area contributed by atoms with Gasteiger partial charge in [0.2, 0.25) is 0 Å². The van der Waals surface area contributed by atoms with Gasteiger partial charge in [-0.15, -0.1) is 0 Å². The smallest absolute Gasteiger partial charge is 0.417 e. The first kappa shape index (κ1) is 37.0. The second-order valence-corrected chi connectivity index (χ2v) is 16.8. The van der Waals surface area contributed by atoms with Crippen LogP contribution in [0.4, 0.5) is 28.4 Å². The SMILES string of the molecule is Cc1cccc2c1B1N(C)c3ccc(Oc4cccc(N5CN(c6c(-c7ccccc7)cccc6-c6ccccc6)c6ccccc65)c4)cc3-c3ncc(n31)-c1ccccc1CC2. The molecule has 3 aliphatic rings. The van der Waals surface area contributed by atoms with Gasteiger partial charge in [0, 0.05) is 39.7 Å². The lowest BCUT2D eigenvalue weighted by molar-refractivity contribution is 0.483. The molecule has 0 fully saturated rings. The highest BCUT2D eigenvalue weighted by molar-refractivity contribution is 6.77. The van der Waals surface area contributed by atoms with E-state index in [-0.39, 0.29) is 6.98 Å². The zero-order valence-electron chi connectivity index (χ0n) is 35.3. The Balaban J connectivity index is 0.915. The molecule has 9 aromatic rings. The molecule has 4 heterocycles. The van der Waals surface area contributed by atoms with Crippen LogP contribution in [0.2, 0.25) is 0 Å². The fraction of sp³-hybridized carbons (Fsp3) is 0.0893. The van der Waals surface area contributed by atoms with Gasteiger partial charge >= 0.3 is 6.98 Å². The molecule has 63 heavy (non-hydrogen) atoms. The summed E-state index contributed by atoms with van der Waals surface area (Å²) in [6, 6.07) is 67.4. The Bertz CT molecular complexity index is 3140. The first-order chi connectivity index (χ1) is 31.1. The van der Waals surface area contributed by atoms with E-state index < -0.39 is 0 Å². The van der Waals surface area contributed by atoms with Crippen molar-refractivity contribution in [3.8, 4) is 56.4 Å². The zero-order valence-corrected chi connectivity index (χ0v) is 35.3. The summed E-state index contributed by atoms with van der Waals surface area (Å²) in [6.07, 6.45) is 4.04. The Kier molecular flexibility index (Phi) is 8.82. The number of ether oxygens (including phenoxy) is 1. The number of aryl methyl sites for hydroxylation is 3. The predicted molar refractivity (Wildman–Crippen MR) is 260 cm³/mol. The lowest BCUT2D eigenvalue weighted by Crippen LogP contribution is -2.56. The van der Waals surface area contributed by atoms with Gasteiger partial charge in [0.25, 0.3) is 0 Å². The average molecular weight is 814 g/mol. The van der Waals surface area contributed by atoms with Gasteiger partial charge in [-0.2, -0.15) is 0 Å². The largest absolute Gasteiger partial charge is 0.457 e. The third kappa shape index (κ3) is 6.14. The van der Waals surface area contributed by atoms with Crippen molar-refractivity contribution in [2.75, 3.05) is 28.3 Å². The van der Waals surface area contributed by atoms with Crippen molar-refractivity contribution in [2.24, 2.45) is 0 Å². The number of fused-ring (bicyclic) bond motifs is 7. The number of hydrogen-bond acceptors (Lipinski definition) is 5. The summed E-state index contributed by atoms with van der Waals surface area (Å²) < 4.78 is 9.28. The van der Waals surface area contributed by atoms with Crippen LogP contribution in [0.15, 0.2) is 194 Å². The summed E-state index contributed by atoms with van der Waals surface area (Å²) in [5, 5.41) is 0. The average Bonchev–Trinajstić information content (AvgIpc) is 3.96. The van der Waals surface area contributed by atoms with E-state index in [1.807, 2.05) is 6.07 Å². The molecule has 0 saturated carbocycles. The number of rotatable bonds is 6. The van der Waals surface area contributed by atoms with E-state index in [0.29, 0.717) is 6.67 Å². The van der Waals surface area contributed by atoms with Crippen molar-refractivity contribution in [1.82, 2.24) is 9.46 Å². The van der Waals surface area contributed by atoms with Crippen LogP contribution < -0.4 is 24.8 Å². The van der Waals surface area contributed by atoms with Crippen LogP contribution in [-0.4, -0.2) is 30.2 Å². The van der Waals surface area contributed by atoms with Gasteiger partial charge < -0.3 is 23.8 Å². The molecule has 0 amide bonds. The van der Waals surface area contributed by atoms with E-state index in [9.17, 15) is 0 Å². The van der Waals surface area contributed by atoms with E-state index in [4.69, 9.17) is 9.72 Å². The van der Waals surface area contributed by atoms with Gasteiger partial charge in [-0.05, 0) is 97.0 Å². The number of para-hydroxylation sites is 3. The molecule has 7 heteroatoms. The molecule has 0 atom stereocenters. The van der Waals surface area contributed by atoms with Crippen LogP contribution in [-0.2, 0) is 12.8 Å². The molecule has 8 aromatic carbocycles. The Morgan fingerprint density at radius 3 is 1.92 bits per heavy atom. The molecular formula is C56H44BN5O. The quantitative estimate of drug-likeness (QED) is 0.156. The molecule has 1 aromatic heterocycles. The van der Waals surface area contributed by atoms with Crippen molar-refractivity contribution >= 4 is 40.9 Å². The van der Waals surface area contributed by atoms with Crippen molar-refractivity contribution in [1.29, 1.82) is 0 Å². The molecule has 0 saturated heterocycles. The molecule has 0 bridgehead atoms. The van der Waals surface area contributed by atoms with Gasteiger partial charge in [0.15, 0.2) is 0 Å². The summed E-state index contributed by atoms with van der Waals surface area (Å²) in [7, 11) is 2.22. The van der Waals surface area contributed by atoms with Crippen LogP contribution >= 0.6 is 0 Å². The van der Waals surface area contributed by atoms with E-state index in [2.05, 4.69) is 221 Å². The Labute approximate surface area is 369 Å². The maximum Gasteiger partial charge on any atom is 0.417 e. The molecule has 0 unspecified atom stereocenters. The fourth-order valence-electron chi connectivity index (χ4n) is 10.3. The molecule has 0 spiro atoms. The van der Waals surface area contributed by atoms with Gasteiger partial charge in [0.05, 0.1) is 29.0 Å². The monoisotopic (exact) mass is 813 g/mol. The first-order valence-electron chi connectivity index (χ1n) is 21.9.